The predicted molar refractivity (Wildman–Crippen MR) is 155 cm³/mol. The number of nitrogens with zero attached hydrogens (tertiary/aromatic N) is 1. The Labute approximate surface area is 237 Å². The molecule has 0 saturated heterocycles. The van der Waals surface area contributed by atoms with Crippen molar-refractivity contribution in [2.75, 3.05) is 12.0 Å². The highest BCUT2D eigenvalue weighted by Gasteiger charge is 2.33. The maximum Gasteiger partial charge on any atom is 0.408 e. The van der Waals surface area contributed by atoms with Crippen LogP contribution in [0.3, 0.4) is 0 Å². The number of alkyl carbamates (subject to hydrolysis) is 1. The molecule has 0 unspecified atom stereocenters. The number of carbonyl (C=O) groups excluding carboxylic acids is 3. The second-order valence-electron chi connectivity index (χ2n) is 10.6. The monoisotopic (exact) mass is 595 g/mol. The molecule has 9 heteroatoms. The second kappa shape index (κ2) is 11.7. The van der Waals surface area contributed by atoms with E-state index in [1.54, 1.807) is 39.7 Å². The molecule has 0 radical (unpaired) electrons. The molecule has 1 aliphatic heterocycles. The summed E-state index contributed by atoms with van der Waals surface area (Å²) in [6.07, 6.45) is 0.342. The molecule has 206 valence electrons. The smallest absolute Gasteiger partial charge is 0.408 e. The highest BCUT2D eigenvalue weighted by atomic mass is 79.9. The van der Waals surface area contributed by atoms with E-state index in [9.17, 15) is 14.4 Å². The number of anilines is 1. The van der Waals surface area contributed by atoms with Crippen LogP contribution in [-0.2, 0) is 27.3 Å². The van der Waals surface area contributed by atoms with Crippen LogP contribution in [-0.4, -0.2) is 42.7 Å². The van der Waals surface area contributed by atoms with Gasteiger partial charge in [-0.3, -0.25) is 9.59 Å². The minimum atomic E-state index is -0.886. The number of halogens is 1. The first-order valence-electron chi connectivity index (χ1n) is 12.9. The largest absolute Gasteiger partial charge is 0.496 e. The van der Waals surface area contributed by atoms with Gasteiger partial charge >= 0.3 is 6.09 Å². The molecule has 0 saturated carbocycles. The molecule has 1 heterocycles. The molecule has 2 N–H and O–H groups in total. The minimum absolute atomic E-state index is 0.228. The summed E-state index contributed by atoms with van der Waals surface area (Å²) in [4.78, 5) is 41.0. The number of amides is 3. The summed E-state index contributed by atoms with van der Waals surface area (Å²) >= 11 is 3.53. The van der Waals surface area contributed by atoms with Crippen LogP contribution in [0.4, 0.5) is 10.5 Å². The van der Waals surface area contributed by atoms with Crippen LogP contribution in [0.1, 0.15) is 45.2 Å². The fourth-order valence-electron chi connectivity index (χ4n) is 4.72. The van der Waals surface area contributed by atoms with Crippen molar-refractivity contribution in [2.45, 2.75) is 64.8 Å². The van der Waals surface area contributed by atoms with Gasteiger partial charge in [-0.05, 0) is 81.1 Å². The zero-order valence-electron chi connectivity index (χ0n) is 22.8. The Kier molecular flexibility index (Phi) is 8.49. The number of para-hydroxylation sites is 1. The van der Waals surface area contributed by atoms with E-state index in [1.165, 1.54) is 0 Å². The van der Waals surface area contributed by atoms with Crippen LogP contribution in [0.15, 0.2) is 59.1 Å². The number of methoxy groups -OCH3 is 1. The van der Waals surface area contributed by atoms with E-state index in [1.807, 2.05) is 54.6 Å². The fraction of sp³-hybridized carbons (Fsp3) is 0.367. The summed E-state index contributed by atoms with van der Waals surface area (Å²) in [5.41, 5.74) is 2.00. The van der Waals surface area contributed by atoms with E-state index >= 15 is 0 Å². The molecule has 0 aromatic heterocycles. The Morgan fingerprint density at radius 2 is 1.87 bits per heavy atom. The molecule has 3 amide bonds. The van der Waals surface area contributed by atoms with Gasteiger partial charge in [-0.2, -0.15) is 0 Å². The molecule has 0 spiro atoms. The third-order valence-corrected chi connectivity index (χ3v) is 7.07. The Balaban J connectivity index is 1.63. The number of aryl methyl sites for hydroxylation is 1. The van der Waals surface area contributed by atoms with Gasteiger partial charge in [-0.25, -0.2) is 4.79 Å². The van der Waals surface area contributed by atoms with Gasteiger partial charge in [0.05, 0.1) is 13.7 Å². The zero-order chi connectivity index (χ0) is 28.3. The summed E-state index contributed by atoms with van der Waals surface area (Å²) in [5.74, 6) is -0.0123. The zero-order valence-corrected chi connectivity index (χ0v) is 24.4. The number of fused-ring (bicyclic) bond motifs is 2. The summed E-state index contributed by atoms with van der Waals surface area (Å²) in [7, 11) is 1.61. The van der Waals surface area contributed by atoms with Crippen LogP contribution < -0.4 is 20.3 Å². The lowest BCUT2D eigenvalue weighted by atomic mass is 10.0. The third-order valence-electron chi connectivity index (χ3n) is 6.58. The first-order chi connectivity index (χ1) is 18.5. The van der Waals surface area contributed by atoms with Gasteiger partial charge in [0.2, 0.25) is 11.8 Å². The van der Waals surface area contributed by atoms with Gasteiger partial charge in [-0.15, -0.1) is 0 Å². The van der Waals surface area contributed by atoms with Crippen molar-refractivity contribution in [2.24, 2.45) is 0 Å². The van der Waals surface area contributed by atoms with Gasteiger partial charge in [0.25, 0.3) is 0 Å². The molecule has 3 aromatic carbocycles. The SMILES string of the molecule is COc1ccc2cc(Br)ccc2c1CN1C(=O)[C@@H](NC(=O)[C@H](C)NC(=O)OC(C)(C)C)CCc2ccccc21. The number of nitrogens with one attached hydrogen (secondary N) is 2. The molecule has 0 aliphatic carbocycles. The molecule has 2 atom stereocenters. The van der Waals surface area contributed by atoms with Crippen molar-refractivity contribution in [3.05, 3.63) is 70.2 Å². The van der Waals surface area contributed by atoms with Crippen LogP contribution in [0.2, 0.25) is 0 Å². The Morgan fingerprint density at radius 3 is 2.59 bits per heavy atom. The third kappa shape index (κ3) is 6.71. The number of benzene rings is 3. The van der Waals surface area contributed by atoms with Gasteiger partial charge in [0.15, 0.2) is 0 Å². The van der Waals surface area contributed by atoms with Crippen molar-refractivity contribution >= 4 is 50.3 Å². The van der Waals surface area contributed by atoms with Gasteiger partial charge in [0.1, 0.15) is 23.4 Å². The lowest BCUT2D eigenvalue weighted by Crippen LogP contribution is -2.53. The van der Waals surface area contributed by atoms with Crippen LogP contribution in [0.5, 0.6) is 5.75 Å². The van der Waals surface area contributed by atoms with Gasteiger partial charge < -0.3 is 25.0 Å². The molecule has 3 aromatic rings. The Morgan fingerprint density at radius 1 is 1.13 bits per heavy atom. The Hall–Kier alpha value is -3.59. The first kappa shape index (κ1) is 28.4. The Bertz CT molecular complexity index is 1400. The molecular formula is C30H34BrN3O5. The van der Waals surface area contributed by atoms with Crippen LogP contribution in [0.25, 0.3) is 10.8 Å². The van der Waals surface area contributed by atoms with Crippen molar-refractivity contribution < 1.29 is 23.9 Å². The molecule has 8 nitrogen and oxygen atoms in total. The molecule has 1 aliphatic rings. The van der Waals surface area contributed by atoms with E-state index in [0.29, 0.717) is 18.6 Å². The van der Waals surface area contributed by atoms with E-state index < -0.39 is 29.7 Å². The summed E-state index contributed by atoms with van der Waals surface area (Å²) < 4.78 is 11.9. The molecule has 0 bridgehead atoms. The number of rotatable bonds is 6. The summed E-state index contributed by atoms with van der Waals surface area (Å²) in [6.45, 7) is 7.06. The van der Waals surface area contributed by atoms with E-state index in [4.69, 9.17) is 9.47 Å². The summed E-state index contributed by atoms with van der Waals surface area (Å²) in [6, 6.07) is 16.0. The number of hydrogen-bond acceptors (Lipinski definition) is 5. The molecule has 4 rings (SSSR count). The fourth-order valence-corrected chi connectivity index (χ4v) is 5.10. The molecule has 0 fully saturated rings. The number of carbonyl (C=O) groups is 3. The number of ether oxygens (including phenoxy) is 2. The first-order valence-corrected chi connectivity index (χ1v) is 13.7. The van der Waals surface area contributed by atoms with E-state index in [2.05, 4.69) is 26.6 Å². The maximum absolute atomic E-state index is 14.0. The number of hydrogen-bond donors (Lipinski definition) is 2. The predicted octanol–water partition coefficient (Wildman–Crippen LogP) is 5.49. The molecular weight excluding hydrogens is 562 g/mol. The lowest BCUT2D eigenvalue weighted by Gasteiger charge is -2.28. The van der Waals surface area contributed by atoms with Crippen molar-refractivity contribution in [1.82, 2.24) is 10.6 Å². The topological polar surface area (TPSA) is 97.0 Å². The standard InChI is InChI=1S/C30H34BrN3O5/c1-18(32-29(37)39-30(2,3)4)27(35)33-24-14-10-19-8-6-7-9-25(19)34(28(24)36)17-23-22-13-12-21(31)16-20(22)11-15-26(23)38-5/h6-9,11-13,15-16,18,24H,10,14,17H2,1-5H3,(H,32,37)(H,33,35)/t18-,24-/m0/s1. The second-order valence-corrected chi connectivity index (χ2v) is 11.5. The average molecular weight is 597 g/mol. The quantitative estimate of drug-likeness (QED) is 0.393. The minimum Gasteiger partial charge on any atom is -0.496 e. The van der Waals surface area contributed by atoms with Crippen molar-refractivity contribution in [3.8, 4) is 5.75 Å². The highest BCUT2D eigenvalue weighted by Crippen LogP contribution is 2.35. The lowest BCUT2D eigenvalue weighted by molar-refractivity contribution is -0.128. The van der Waals surface area contributed by atoms with Gasteiger partial charge in [-0.1, -0.05) is 46.3 Å². The normalized spacial score (nSPS) is 16.2. The van der Waals surface area contributed by atoms with E-state index in [0.717, 1.165) is 32.1 Å². The average Bonchev–Trinajstić information content (AvgIpc) is 2.99. The maximum atomic E-state index is 14.0. The van der Waals surface area contributed by atoms with Gasteiger partial charge in [0, 0.05) is 15.7 Å². The van der Waals surface area contributed by atoms with E-state index in [-0.39, 0.29) is 12.5 Å². The summed E-state index contributed by atoms with van der Waals surface area (Å²) in [5, 5.41) is 7.40. The van der Waals surface area contributed by atoms with Crippen molar-refractivity contribution in [1.29, 1.82) is 0 Å². The van der Waals surface area contributed by atoms with Crippen molar-refractivity contribution in [3.63, 3.8) is 0 Å². The molecule has 39 heavy (non-hydrogen) atoms. The van der Waals surface area contributed by atoms with Crippen LogP contribution in [0, 0.1) is 0 Å². The highest BCUT2D eigenvalue weighted by molar-refractivity contribution is 9.10. The van der Waals surface area contributed by atoms with Crippen LogP contribution >= 0.6 is 15.9 Å².